The Bertz CT molecular complexity index is 535. The second-order valence-electron chi connectivity index (χ2n) is 4.02. The summed E-state index contributed by atoms with van der Waals surface area (Å²) in [7, 11) is 0. The van der Waals surface area contributed by atoms with Gasteiger partial charge < -0.3 is 0 Å². The van der Waals surface area contributed by atoms with Crippen molar-refractivity contribution in [1.82, 2.24) is 0 Å². The van der Waals surface area contributed by atoms with Crippen molar-refractivity contribution >= 4 is 27.5 Å². The number of halogens is 3. The standard InChI is InChI=1S/C14H11BrClF/c1-8-6-10(7-9(2)14(8)15)13-11(16)4-3-5-12(13)17/h3-7H,1-2H3. The van der Waals surface area contributed by atoms with Crippen LogP contribution in [-0.2, 0) is 0 Å². The van der Waals surface area contributed by atoms with Gasteiger partial charge in [-0.15, -0.1) is 0 Å². The lowest BCUT2D eigenvalue weighted by Gasteiger charge is -2.10. The molecule has 0 spiro atoms. The van der Waals surface area contributed by atoms with E-state index in [1.165, 1.54) is 6.07 Å². The highest BCUT2D eigenvalue weighted by Gasteiger charge is 2.11. The third-order valence-electron chi connectivity index (χ3n) is 2.69. The molecule has 0 saturated heterocycles. The van der Waals surface area contributed by atoms with E-state index in [1.54, 1.807) is 12.1 Å². The Morgan fingerprint density at radius 1 is 1.12 bits per heavy atom. The zero-order chi connectivity index (χ0) is 12.6. The summed E-state index contributed by atoms with van der Waals surface area (Å²) in [5, 5.41) is 0.436. The molecule has 0 fully saturated rings. The highest BCUT2D eigenvalue weighted by atomic mass is 79.9. The molecule has 0 N–H and O–H groups in total. The monoisotopic (exact) mass is 312 g/mol. The number of hydrogen-bond donors (Lipinski definition) is 0. The van der Waals surface area contributed by atoms with Gasteiger partial charge in [-0.25, -0.2) is 4.39 Å². The first-order valence-electron chi connectivity index (χ1n) is 5.22. The lowest BCUT2D eigenvalue weighted by molar-refractivity contribution is 0.631. The van der Waals surface area contributed by atoms with Crippen molar-refractivity contribution < 1.29 is 4.39 Å². The van der Waals surface area contributed by atoms with Crippen LogP contribution in [0.25, 0.3) is 11.1 Å². The van der Waals surface area contributed by atoms with Gasteiger partial charge in [-0.05, 0) is 42.7 Å². The van der Waals surface area contributed by atoms with Crippen LogP contribution in [0.3, 0.4) is 0 Å². The predicted molar refractivity (Wildman–Crippen MR) is 74.0 cm³/mol. The minimum absolute atomic E-state index is 0.293. The van der Waals surface area contributed by atoms with Crippen molar-refractivity contribution in [1.29, 1.82) is 0 Å². The van der Waals surface area contributed by atoms with E-state index in [9.17, 15) is 4.39 Å². The Kier molecular flexibility index (Phi) is 3.55. The average molecular weight is 314 g/mol. The van der Waals surface area contributed by atoms with Crippen molar-refractivity contribution in [2.24, 2.45) is 0 Å². The molecule has 0 unspecified atom stereocenters. The van der Waals surface area contributed by atoms with Gasteiger partial charge >= 0.3 is 0 Å². The first-order chi connectivity index (χ1) is 8.00. The zero-order valence-electron chi connectivity index (χ0n) is 9.52. The third-order valence-corrected chi connectivity index (χ3v) is 4.25. The molecule has 0 bridgehead atoms. The SMILES string of the molecule is Cc1cc(-c2c(F)cccc2Cl)cc(C)c1Br. The van der Waals surface area contributed by atoms with Crippen LogP contribution in [0.15, 0.2) is 34.8 Å². The van der Waals surface area contributed by atoms with Crippen LogP contribution in [-0.4, -0.2) is 0 Å². The molecule has 2 aromatic carbocycles. The summed E-state index contributed by atoms with van der Waals surface area (Å²) in [6.45, 7) is 3.96. The molecular weight excluding hydrogens is 303 g/mol. The van der Waals surface area contributed by atoms with Crippen LogP contribution in [0.5, 0.6) is 0 Å². The highest BCUT2D eigenvalue weighted by molar-refractivity contribution is 9.10. The van der Waals surface area contributed by atoms with Gasteiger partial charge in [0.2, 0.25) is 0 Å². The second-order valence-corrected chi connectivity index (χ2v) is 5.22. The van der Waals surface area contributed by atoms with Gasteiger partial charge in [0.1, 0.15) is 5.82 Å². The maximum absolute atomic E-state index is 13.8. The lowest BCUT2D eigenvalue weighted by Crippen LogP contribution is -1.89. The van der Waals surface area contributed by atoms with Crippen LogP contribution in [0, 0.1) is 19.7 Å². The lowest BCUT2D eigenvalue weighted by atomic mass is 10.0. The second kappa shape index (κ2) is 4.79. The molecular formula is C14H11BrClF. The van der Waals surface area contributed by atoms with Crippen molar-refractivity contribution in [3.8, 4) is 11.1 Å². The van der Waals surface area contributed by atoms with E-state index in [0.29, 0.717) is 10.6 Å². The molecule has 2 aromatic rings. The summed E-state index contributed by atoms with van der Waals surface area (Å²) in [6.07, 6.45) is 0. The molecule has 17 heavy (non-hydrogen) atoms. The van der Waals surface area contributed by atoms with Gasteiger partial charge in [-0.2, -0.15) is 0 Å². The number of aryl methyl sites for hydroxylation is 2. The van der Waals surface area contributed by atoms with Crippen molar-refractivity contribution in [3.63, 3.8) is 0 Å². The van der Waals surface area contributed by atoms with Crippen molar-refractivity contribution in [2.75, 3.05) is 0 Å². The summed E-state index contributed by atoms with van der Waals surface area (Å²) in [6, 6.07) is 8.60. The number of rotatable bonds is 1. The maximum Gasteiger partial charge on any atom is 0.132 e. The fourth-order valence-electron chi connectivity index (χ4n) is 1.86. The van der Waals surface area contributed by atoms with Crippen LogP contribution in [0.2, 0.25) is 5.02 Å². The van der Waals surface area contributed by atoms with Crippen LogP contribution in [0.1, 0.15) is 11.1 Å². The Hall–Kier alpha value is -0.860. The van der Waals surface area contributed by atoms with Crippen molar-refractivity contribution in [3.05, 3.63) is 56.8 Å². The minimum Gasteiger partial charge on any atom is -0.206 e. The molecule has 3 heteroatoms. The molecule has 0 saturated carbocycles. The average Bonchev–Trinajstić information content (AvgIpc) is 2.25. The normalized spacial score (nSPS) is 10.6. The first kappa shape index (κ1) is 12.6. The van der Waals surface area contributed by atoms with E-state index < -0.39 is 0 Å². The molecule has 2 rings (SSSR count). The fraction of sp³-hybridized carbons (Fsp3) is 0.143. The Morgan fingerprint density at radius 2 is 1.71 bits per heavy atom. The molecule has 0 amide bonds. The first-order valence-corrected chi connectivity index (χ1v) is 6.39. The van der Waals surface area contributed by atoms with Gasteiger partial charge in [0, 0.05) is 10.0 Å². The largest absolute Gasteiger partial charge is 0.206 e. The van der Waals surface area contributed by atoms with Crippen LogP contribution >= 0.6 is 27.5 Å². The predicted octanol–water partition coefficient (Wildman–Crippen LogP) is 5.53. The smallest absolute Gasteiger partial charge is 0.132 e. The topological polar surface area (TPSA) is 0 Å². The summed E-state index contributed by atoms with van der Waals surface area (Å²) >= 11 is 9.55. The molecule has 0 aliphatic carbocycles. The molecule has 0 nitrogen and oxygen atoms in total. The van der Waals surface area contributed by atoms with Crippen LogP contribution in [0.4, 0.5) is 4.39 Å². The van der Waals surface area contributed by atoms with E-state index >= 15 is 0 Å². The molecule has 88 valence electrons. The zero-order valence-corrected chi connectivity index (χ0v) is 11.9. The van der Waals surface area contributed by atoms with Gasteiger partial charge in [-0.1, -0.05) is 45.7 Å². The molecule has 0 aromatic heterocycles. The van der Waals surface area contributed by atoms with Gasteiger partial charge in [0.15, 0.2) is 0 Å². The van der Waals surface area contributed by atoms with E-state index in [1.807, 2.05) is 26.0 Å². The number of benzene rings is 2. The van der Waals surface area contributed by atoms with E-state index in [4.69, 9.17) is 11.6 Å². The third kappa shape index (κ3) is 2.38. The van der Waals surface area contributed by atoms with Gasteiger partial charge in [0.25, 0.3) is 0 Å². The Balaban J connectivity index is 2.69. The molecule has 0 atom stereocenters. The fourth-order valence-corrected chi connectivity index (χ4v) is 2.36. The van der Waals surface area contributed by atoms with Gasteiger partial charge in [0.05, 0.1) is 5.02 Å². The van der Waals surface area contributed by atoms with Crippen molar-refractivity contribution in [2.45, 2.75) is 13.8 Å². The molecule has 0 radical (unpaired) electrons. The van der Waals surface area contributed by atoms with Crippen LogP contribution < -0.4 is 0 Å². The molecule has 0 aliphatic rings. The van der Waals surface area contributed by atoms with E-state index in [0.717, 1.165) is 21.2 Å². The molecule has 0 heterocycles. The van der Waals surface area contributed by atoms with E-state index in [-0.39, 0.29) is 5.82 Å². The summed E-state index contributed by atoms with van der Waals surface area (Å²) < 4.78 is 14.9. The minimum atomic E-state index is -0.293. The summed E-state index contributed by atoms with van der Waals surface area (Å²) in [5.41, 5.74) is 3.41. The summed E-state index contributed by atoms with van der Waals surface area (Å²) in [5.74, 6) is -0.293. The van der Waals surface area contributed by atoms with Gasteiger partial charge in [-0.3, -0.25) is 0 Å². The Morgan fingerprint density at radius 3 is 2.24 bits per heavy atom. The molecule has 0 aliphatic heterocycles. The highest BCUT2D eigenvalue weighted by Crippen LogP contribution is 2.34. The number of hydrogen-bond acceptors (Lipinski definition) is 0. The summed E-state index contributed by atoms with van der Waals surface area (Å²) in [4.78, 5) is 0. The quantitative estimate of drug-likeness (QED) is 0.650. The Labute approximate surface area is 114 Å². The maximum atomic E-state index is 13.8. The van der Waals surface area contributed by atoms with E-state index in [2.05, 4.69) is 15.9 Å².